The topological polar surface area (TPSA) is 39.2 Å². The Morgan fingerprint density at radius 3 is 3.00 bits per heavy atom. The smallest absolute Gasteiger partial charge is 0.346 e. The molecule has 0 saturated heterocycles. The third kappa shape index (κ3) is 3.40. The van der Waals surface area contributed by atoms with Gasteiger partial charge in [0.1, 0.15) is 11.4 Å². The molecule has 0 atom stereocenters. The van der Waals surface area contributed by atoms with Gasteiger partial charge in [-0.3, -0.25) is 0 Å². The number of hydrogen-bond acceptors (Lipinski definition) is 4. The van der Waals surface area contributed by atoms with Gasteiger partial charge < -0.3 is 4.74 Å². The second-order valence-corrected chi connectivity index (χ2v) is 7.81. The fourth-order valence-corrected chi connectivity index (χ4v) is 3.77. The molecule has 1 aromatic carbocycles. The van der Waals surface area contributed by atoms with Crippen LogP contribution in [0.3, 0.4) is 0 Å². The summed E-state index contributed by atoms with van der Waals surface area (Å²) in [4.78, 5) is 17.6. The molecule has 0 fully saturated rings. The van der Waals surface area contributed by atoms with E-state index in [1.54, 1.807) is 18.3 Å². The Balaban J connectivity index is 1.82. The fraction of sp³-hybridized carbons (Fsp3) is 0.263. The number of aryl methyl sites for hydroxylation is 1. The molecular formula is C19H17NO2S. The summed E-state index contributed by atoms with van der Waals surface area (Å²) in [6.07, 6.45) is 9.03. The average Bonchev–Trinajstić information content (AvgIpc) is 2.54. The highest BCUT2D eigenvalue weighted by molar-refractivity contribution is 8.00. The number of pyridine rings is 1. The average molecular weight is 323 g/mol. The molecule has 116 valence electrons. The van der Waals surface area contributed by atoms with Crippen LogP contribution in [0.5, 0.6) is 5.75 Å². The fourth-order valence-electron chi connectivity index (χ4n) is 2.55. The van der Waals surface area contributed by atoms with Crippen molar-refractivity contribution in [2.75, 3.05) is 0 Å². The van der Waals surface area contributed by atoms with Crippen LogP contribution in [0.2, 0.25) is 0 Å². The SMILES string of the molecule is C#Cc1ncccc1C(=O)Oc1ccc2c(c1)CCC(C)(C)S2. The van der Waals surface area contributed by atoms with E-state index in [4.69, 9.17) is 11.2 Å². The molecule has 0 aliphatic carbocycles. The maximum absolute atomic E-state index is 12.3. The molecule has 3 nitrogen and oxygen atoms in total. The number of nitrogens with zero attached hydrogens (tertiary/aromatic N) is 1. The number of terminal acetylenes is 1. The van der Waals surface area contributed by atoms with Crippen molar-refractivity contribution in [1.29, 1.82) is 0 Å². The van der Waals surface area contributed by atoms with E-state index in [9.17, 15) is 4.79 Å². The summed E-state index contributed by atoms with van der Waals surface area (Å²) in [7, 11) is 0. The van der Waals surface area contributed by atoms with Gasteiger partial charge >= 0.3 is 5.97 Å². The zero-order chi connectivity index (χ0) is 16.4. The Morgan fingerprint density at radius 1 is 1.39 bits per heavy atom. The monoisotopic (exact) mass is 323 g/mol. The summed E-state index contributed by atoms with van der Waals surface area (Å²) in [5.41, 5.74) is 1.83. The van der Waals surface area contributed by atoms with Gasteiger partial charge in [-0.25, -0.2) is 9.78 Å². The molecule has 0 spiro atoms. The van der Waals surface area contributed by atoms with Gasteiger partial charge in [-0.1, -0.05) is 13.8 Å². The molecule has 2 heterocycles. The molecule has 3 rings (SSSR count). The number of thioether (sulfide) groups is 1. The van der Waals surface area contributed by atoms with Crippen molar-refractivity contribution in [3.63, 3.8) is 0 Å². The Bertz CT molecular complexity index is 805. The number of ether oxygens (including phenoxy) is 1. The van der Waals surface area contributed by atoms with Crippen LogP contribution < -0.4 is 4.74 Å². The molecule has 1 aromatic heterocycles. The summed E-state index contributed by atoms with van der Waals surface area (Å²) >= 11 is 1.87. The highest BCUT2D eigenvalue weighted by atomic mass is 32.2. The third-order valence-corrected chi connectivity index (χ3v) is 5.16. The number of aromatic nitrogens is 1. The summed E-state index contributed by atoms with van der Waals surface area (Å²) < 4.78 is 5.73. The van der Waals surface area contributed by atoms with E-state index in [0.717, 1.165) is 12.8 Å². The van der Waals surface area contributed by atoms with E-state index in [0.29, 0.717) is 17.0 Å². The number of fused-ring (bicyclic) bond motifs is 1. The molecule has 4 heteroatoms. The summed E-state index contributed by atoms with van der Waals surface area (Å²) in [6, 6.07) is 9.09. The van der Waals surface area contributed by atoms with Gasteiger partial charge in [0, 0.05) is 15.8 Å². The van der Waals surface area contributed by atoms with E-state index in [2.05, 4.69) is 24.8 Å². The standard InChI is InChI=1S/C19H17NO2S/c1-4-16-15(6-5-11-20-16)18(21)22-14-7-8-17-13(12-14)9-10-19(2,3)23-17/h1,5-8,11-12H,9-10H2,2-3H3. The largest absolute Gasteiger partial charge is 0.423 e. The summed E-state index contributed by atoms with van der Waals surface area (Å²) in [6.45, 7) is 4.50. The van der Waals surface area contributed by atoms with Gasteiger partial charge in [-0.2, -0.15) is 0 Å². The number of hydrogen-bond donors (Lipinski definition) is 0. The lowest BCUT2D eigenvalue weighted by Crippen LogP contribution is -2.20. The molecule has 0 saturated carbocycles. The van der Waals surface area contributed by atoms with Gasteiger partial charge in [-0.05, 0) is 54.7 Å². The molecule has 0 unspecified atom stereocenters. The minimum absolute atomic E-state index is 0.253. The van der Waals surface area contributed by atoms with Gasteiger partial charge in [0.05, 0.1) is 5.56 Å². The second-order valence-electron chi connectivity index (χ2n) is 6.06. The lowest BCUT2D eigenvalue weighted by molar-refractivity contribution is 0.0734. The number of carbonyl (C=O) groups excluding carboxylic acids is 1. The van der Waals surface area contributed by atoms with Gasteiger partial charge in [0.15, 0.2) is 0 Å². The number of benzene rings is 1. The molecule has 0 amide bonds. The van der Waals surface area contributed by atoms with Crippen LogP contribution >= 0.6 is 11.8 Å². The predicted molar refractivity (Wildman–Crippen MR) is 91.8 cm³/mol. The first-order valence-corrected chi connectivity index (χ1v) is 8.26. The highest BCUT2D eigenvalue weighted by Gasteiger charge is 2.26. The lowest BCUT2D eigenvalue weighted by Gasteiger charge is -2.30. The summed E-state index contributed by atoms with van der Waals surface area (Å²) in [5, 5.41) is 0. The molecular weight excluding hydrogens is 306 g/mol. The van der Waals surface area contributed by atoms with Crippen molar-refractivity contribution in [1.82, 2.24) is 4.98 Å². The van der Waals surface area contributed by atoms with Crippen molar-refractivity contribution >= 4 is 17.7 Å². The zero-order valence-electron chi connectivity index (χ0n) is 13.1. The summed E-state index contributed by atoms with van der Waals surface area (Å²) in [5.74, 6) is 2.47. The Morgan fingerprint density at radius 2 is 2.22 bits per heavy atom. The number of rotatable bonds is 2. The Kier molecular flexibility index (Phi) is 4.14. The Labute approximate surface area is 140 Å². The molecule has 23 heavy (non-hydrogen) atoms. The highest BCUT2D eigenvalue weighted by Crippen LogP contribution is 2.43. The van der Waals surface area contributed by atoms with Crippen LogP contribution in [-0.2, 0) is 6.42 Å². The van der Waals surface area contributed by atoms with Gasteiger partial charge in [0.2, 0.25) is 0 Å². The minimum atomic E-state index is -0.477. The third-order valence-electron chi connectivity index (χ3n) is 3.79. The number of carbonyl (C=O) groups is 1. The van der Waals surface area contributed by atoms with Crippen molar-refractivity contribution in [2.24, 2.45) is 0 Å². The van der Waals surface area contributed by atoms with E-state index < -0.39 is 5.97 Å². The maximum Gasteiger partial charge on any atom is 0.346 e. The van der Waals surface area contributed by atoms with E-state index >= 15 is 0 Å². The van der Waals surface area contributed by atoms with E-state index in [-0.39, 0.29) is 4.75 Å². The van der Waals surface area contributed by atoms with Crippen LogP contribution in [-0.4, -0.2) is 15.7 Å². The van der Waals surface area contributed by atoms with Crippen molar-refractivity contribution in [3.8, 4) is 18.1 Å². The molecule has 1 aliphatic rings. The molecule has 0 N–H and O–H groups in total. The van der Waals surface area contributed by atoms with E-state index in [1.165, 1.54) is 10.5 Å². The maximum atomic E-state index is 12.3. The first-order valence-electron chi connectivity index (χ1n) is 7.44. The van der Waals surface area contributed by atoms with Crippen LogP contribution in [0, 0.1) is 12.3 Å². The number of esters is 1. The van der Waals surface area contributed by atoms with Crippen LogP contribution in [0.4, 0.5) is 0 Å². The van der Waals surface area contributed by atoms with Crippen LogP contribution in [0.25, 0.3) is 0 Å². The quantitative estimate of drug-likeness (QED) is 0.474. The molecule has 2 aromatic rings. The second kappa shape index (κ2) is 6.10. The van der Waals surface area contributed by atoms with Crippen LogP contribution in [0.15, 0.2) is 41.4 Å². The molecule has 0 radical (unpaired) electrons. The Hall–Kier alpha value is -2.25. The molecule has 0 bridgehead atoms. The van der Waals surface area contributed by atoms with Crippen molar-refractivity contribution < 1.29 is 9.53 Å². The zero-order valence-corrected chi connectivity index (χ0v) is 13.9. The van der Waals surface area contributed by atoms with Gasteiger partial charge in [-0.15, -0.1) is 18.2 Å². The first kappa shape index (κ1) is 15.6. The molecule has 1 aliphatic heterocycles. The lowest BCUT2D eigenvalue weighted by atomic mass is 10.0. The first-order chi connectivity index (χ1) is 11.0. The van der Waals surface area contributed by atoms with Gasteiger partial charge in [0.25, 0.3) is 0 Å². The van der Waals surface area contributed by atoms with Crippen molar-refractivity contribution in [2.45, 2.75) is 36.3 Å². The van der Waals surface area contributed by atoms with Crippen molar-refractivity contribution in [3.05, 3.63) is 53.3 Å². The van der Waals surface area contributed by atoms with E-state index in [1.807, 2.05) is 30.0 Å². The predicted octanol–water partition coefficient (Wildman–Crippen LogP) is 4.10. The minimum Gasteiger partial charge on any atom is -0.423 e. The normalized spacial score (nSPS) is 15.3. The van der Waals surface area contributed by atoms with Crippen LogP contribution in [0.1, 0.15) is 41.9 Å².